The maximum Gasteiger partial charge on any atom is 0.151 e. The van der Waals surface area contributed by atoms with Crippen LogP contribution in [-0.4, -0.2) is 39.8 Å². The first-order valence-electron chi connectivity index (χ1n) is 8.42. The highest BCUT2D eigenvalue weighted by atomic mass is 15.3. The Balaban J connectivity index is 1.31. The molecule has 120 valence electrons. The van der Waals surface area contributed by atoms with Crippen LogP contribution in [0.4, 0.5) is 11.6 Å². The van der Waals surface area contributed by atoms with Crippen molar-refractivity contribution < 1.29 is 0 Å². The van der Waals surface area contributed by atoms with Gasteiger partial charge in [-0.1, -0.05) is 0 Å². The van der Waals surface area contributed by atoms with Crippen LogP contribution in [0.25, 0.3) is 0 Å². The van der Waals surface area contributed by atoms with Crippen molar-refractivity contribution in [1.29, 1.82) is 0 Å². The Labute approximate surface area is 136 Å². The van der Waals surface area contributed by atoms with Crippen LogP contribution in [0.1, 0.15) is 29.9 Å². The van der Waals surface area contributed by atoms with E-state index in [4.69, 9.17) is 0 Å². The summed E-state index contributed by atoms with van der Waals surface area (Å²) in [6.07, 6.45) is 6.57. The summed E-state index contributed by atoms with van der Waals surface area (Å²) in [6.45, 7) is 4.91. The first-order chi connectivity index (χ1) is 11.3. The zero-order valence-electron chi connectivity index (χ0n) is 13.5. The molecule has 6 nitrogen and oxygen atoms in total. The predicted molar refractivity (Wildman–Crippen MR) is 89.6 cm³/mol. The normalized spacial score (nSPS) is 17.5. The monoisotopic (exact) mass is 310 g/mol. The second kappa shape index (κ2) is 6.10. The summed E-state index contributed by atoms with van der Waals surface area (Å²) in [6, 6.07) is 4.16. The molecule has 1 saturated heterocycles. The third-order valence-corrected chi connectivity index (χ3v) is 4.69. The van der Waals surface area contributed by atoms with E-state index < -0.39 is 0 Å². The van der Waals surface area contributed by atoms with Gasteiger partial charge in [0.25, 0.3) is 0 Å². The molecule has 0 unspecified atom stereocenters. The average Bonchev–Trinajstić information content (AvgIpc) is 2.53. The van der Waals surface area contributed by atoms with Crippen LogP contribution < -0.4 is 10.2 Å². The Bertz CT molecular complexity index is 695. The SMILES string of the molecule is Cc1nccc(NCC2CN(c3cc4c(nn3)CCCC4)C2)n1. The van der Waals surface area contributed by atoms with Gasteiger partial charge < -0.3 is 10.2 Å². The van der Waals surface area contributed by atoms with Crippen LogP contribution >= 0.6 is 0 Å². The fraction of sp³-hybridized carbons (Fsp3) is 0.529. The minimum Gasteiger partial charge on any atom is -0.370 e. The third kappa shape index (κ3) is 3.11. The van der Waals surface area contributed by atoms with Gasteiger partial charge in [-0.3, -0.25) is 0 Å². The molecule has 1 aliphatic carbocycles. The summed E-state index contributed by atoms with van der Waals surface area (Å²) in [4.78, 5) is 10.8. The minimum atomic E-state index is 0.628. The van der Waals surface area contributed by atoms with Gasteiger partial charge in [0.2, 0.25) is 0 Å². The topological polar surface area (TPSA) is 66.8 Å². The first-order valence-corrected chi connectivity index (χ1v) is 8.42. The van der Waals surface area contributed by atoms with Crippen molar-refractivity contribution in [2.45, 2.75) is 32.6 Å². The molecule has 1 N–H and O–H groups in total. The van der Waals surface area contributed by atoms with Gasteiger partial charge in [-0.15, -0.1) is 5.10 Å². The van der Waals surface area contributed by atoms with Crippen molar-refractivity contribution >= 4 is 11.6 Å². The highest BCUT2D eigenvalue weighted by Crippen LogP contribution is 2.26. The van der Waals surface area contributed by atoms with E-state index in [-0.39, 0.29) is 0 Å². The molecule has 0 amide bonds. The molecule has 0 spiro atoms. The van der Waals surface area contributed by atoms with Crippen molar-refractivity contribution in [1.82, 2.24) is 20.2 Å². The lowest BCUT2D eigenvalue weighted by molar-refractivity contribution is 0.424. The summed E-state index contributed by atoms with van der Waals surface area (Å²) < 4.78 is 0. The smallest absolute Gasteiger partial charge is 0.151 e. The molecule has 2 aromatic heterocycles. The van der Waals surface area contributed by atoms with Gasteiger partial charge in [-0.05, 0) is 50.3 Å². The largest absolute Gasteiger partial charge is 0.370 e. The van der Waals surface area contributed by atoms with Gasteiger partial charge in [0.05, 0.1) is 5.69 Å². The standard InChI is InChI=1S/C17H22N6/c1-12-18-7-6-16(20-12)19-9-13-10-23(11-13)17-8-14-4-2-3-5-15(14)21-22-17/h6-8,13H,2-5,9-11H2,1H3,(H,18,19,20). The van der Waals surface area contributed by atoms with Crippen molar-refractivity contribution in [3.8, 4) is 0 Å². The number of fused-ring (bicyclic) bond motifs is 1. The van der Waals surface area contributed by atoms with Crippen LogP contribution in [0.3, 0.4) is 0 Å². The lowest BCUT2D eigenvalue weighted by Gasteiger charge is -2.40. The Morgan fingerprint density at radius 1 is 1.22 bits per heavy atom. The van der Waals surface area contributed by atoms with E-state index >= 15 is 0 Å². The van der Waals surface area contributed by atoms with Crippen LogP contribution in [0, 0.1) is 12.8 Å². The maximum absolute atomic E-state index is 4.43. The van der Waals surface area contributed by atoms with E-state index in [1.54, 1.807) is 6.20 Å². The molecule has 1 fully saturated rings. The number of hydrogen-bond donors (Lipinski definition) is 1. The summed E-state index contributed by atoms with van der Waals surface area (Å²) in [5.41, 5.74) is 2.61. The van der Waals surface area contributed by atoms with Gasteiger partial charge >= 0.3 is 0 Å². The number of aryl methyl sites for hydroxylation is 3. The summed E-state index contributed by atoms with van der Waals surface area (Å²) >= 11 is 0. The second-order valence-corrected chi connectivity index (χ2v) is 6.52. The molecule has 2 aliphatic rings. The molecule has 0 atom stereocenters. The zero-order chi connectivity index (χ0) is 15.6. The molecule has 0 bridgehead atoms. The van der Waals surface area contributed by atoms with E-state index in [0.29, 0.717) is 5.92 Å². The molecule has 2 aromatic rings. The molecule has 3 heterocycles. The maximum atomic E-state index is 4.43. The number of hydrogen-bond acceptors (Lipinski definition) is 6. The number of anilines is 2. The first kappa shape index (κ1) is 14.4. The molecule has 0 saturated carbocycles. The summed E-state index contributed by atoms with van der Waals surface area (Å²) in [5.74, 6) is 3.38. The molecule has 4 rings (SSSR count). The van der Waals surface area contributed by atoms with E-state index in [2.05, 4.69) is 36.4 Å². The van der Waals surface area contributed by atoms with Gasteiger partial charge in [0, 0.05) is 31.7 Å². The molecular formula is C17H22N6. The molecule has 0 aromatic carbocycles. The van der Waals surface area contributed by atoms with E-state index in [1.165, 1.54) is 24.1 Å². The Morgan fingerprint density at radius 3 is 2.96 bits per heavy atom. The lowest BCUT2D eigenvalue weighted by atomic mass is 9.95. The molecular weight excluding hydrogens is 288 g/mol. The number of nitrogens with zero attached hydrogens (tertiary/aromatic N) is 5. The minimum absolute atomic E-state index is 0.628. The van der Waals surface area contributed by atoms with Crippen LogP contribution in [0.2, 0.25) is 0 Å². The van der Waals surface area contributed by atoms with Crippen LogP contribution in [0.15, 0.2) is 18.3 Å². The molecule has 0 radical (unpaired) electrons. The highest BCUT2D eigenvalue weighted by Gasteiger charge is 2.28. The van der Waals surface area contributed by atoms with Crippen LogP contribution in [-0.2, 0) is 12.8 Å². The van der Waals surface area contributed by atoms with E-state index in [9.17, 15) is 0 Å². The fourth-order valence-corrected chi connectivity index (χ4v) is 3.32. The highest BCUT2D eigenvalue weighted by molar-refractivity contribution is 5.45. The van der Waals surface area contributed by atoms with Crippen molar-refractivity contribution in [2.75, 3.05) is 29.9 Å². The van der Waals surface area contributed by atoms with Gasteiger partial charge in [0.1, 0.15) is 11.6 Å². The Hall–Kier alpha value is -2.24. The van der Waals surface area contributed by atoms with Crippen molar-refractivity contribution in [2.24, 2.45) is 5.92 Å². The predicted octanol–water partition coefficient (Wildman–Crippen LogP) is 2.00. The average molecular weight is 310 g/mol. The van der Waals surface area contributed by atoms with Crippen molar-refractivity contribution in [3.63, 3.8) is 0 Å². The fourth-order valence-electron chi connectivity index (χ4n) is 3.32. The molecule has 6 heteroatoms. The van der Waals surface area contributed by atoms with Crippen LogP contribution in [0.5, 0.6) is 0 Å². The second-order valence-electron chi connectivity index (χ2n) is 6.52. The molecule has 23 heavy (non-hydrogen) atoms. The number of nitrogens with one attached hydrogen (secondary N) is 1. The summed E-state index contributed by atoms with van der Waals surface area (Å²) in [7, 11) is 0. The number of aromatic nitrogens is 4. The van der Waals surface area contributed by atoms with Gasteiger partial charge in [0.15, 0.2) is 5.82 Å². The summed E-state index contributed by atoms with van der Waals surface area (Å²) in [5, 5.41) is 12.2. The Kier molecular flexibility index (Phi) is 3.81. The van der Waals surface area contributed by atoms with E-state index in [0.717, 1.165) is 49.9 Å². The van der Waals surface area contributed by atoms with Crippen molar-refractivity contribution in [3.05, 3.63) is 35.4 Å². The quantitative estimate of drug-likeness (QED) is 0.932. The number of rotatable bonds is 4. The zero-order valence-corrected chi connectivity index (χ0v) is 13.5. The Morgan fingerprint density at radius 2 is 2.09 bits per heavy atom. The van der Waals surface area contributed by atoms with E-state index in [1.807, 2.05) is 13.0 Å². The van der Waals surface area contributed by atoms with Gasteiger partial charge in [-0.25, -0.2) is 9.97 Å². The molecule has 1 aliphatic heterocycles. The lowest BCUT2D eigenvalue weighted by Crippen LogP contribution is -2.50. The third-order valence-electron chi connectivity index (χ3n) is 4.69. The van der Waals surface area contributed by atoms with Gasteiger partial charge in [-0.2, -0.15) is 5.10 Å².